The van der Waals surface area contributed by atoms with Gasteiger partial charge in [-0.15, -0.1) is 0 Å². The summed E-state index contributed by atoms with van der Waals surface area (Å²) >= 11 is 6.44. The molecule has 2 aliphatic rings. The van der Waals surface area contributed by atoms with Crippen LogP contribution in [-0.4, -0.2) is 36.2 Å². The summed E-state index contributed by atoms with van der Waals surface area (Å²) in [5.74, 6) is 0.809. The van der Waals surface area contributed by atoms with Gasteiger partial charge in [0.1, 0.15) is 0 Å². The third-order valence-electron chi connectivity index (χ3n) is 6.74. The Kier molecular flexibility index (Phi) is 6.49. The highest BCUT2D eigenvalue weighted by molar-refractivity contribution is 6.34. The van der Waals surface area contributed by atoms with Crippen LogP contribution in [0.15, 0.2) is 42.5 Å². The highest BCUT2D eigenvalue weighted by atomic mass is 35.5. The fraction of sp³-hybridized carbons (Fsp3) is 0.462. The number of hydrogen-bond donors (Lipinski definition) is 1. The number of carbonyl (C=O) groups excluding carboxylic acids is 2. The Morgan fingerprint density at radius 2 is 1.87 bits per heavy atom. The van der Waals surface area contributed by atoms with E-state index in [9.17, 15) is 9.59 Å². The molecule has 0 aromatic heterocycles. The molecule has 2 aromatic carbocycles. The van der Waals surface area contributed by atoms with E-state index in [0.717, 1.165) is 37.5 Å². The molecule has 4 nitrogen and oxygen atoms in total. The standard InChI is InChI=1S/C26H31ClN2O2/c1-26(2)17-24(31)28-25-21(26)15-20(16-22(25)27)23(30)10-13-29-11-8-19(9-12-29)14-18-6-4-3-5-7-18/h3-7,15-16,19H,8-14,17H2,1-2H3,(H,28,31). The van der Waals surface area contributed by atoms with Gasteiger partial charge in [-0.2, -0.15) is 0 Å². The average Bonchev–Trinajstić information content (AvgIpc) is 2.74. The summed E-state index contributed by atoms with van der Waals surface area (Å²) < 4.78 is 0. The normalized spacial score (nSPS) is 19.0. The Bertz CT molecular complexity index is 963. The number of ketones is 1. The van der Waals surface area contributed by atoms with Crippen LogP contribution < -0.4 is 5.32 Å². The Morgan fingerprint density at radius 3 is 2.58 bits per heavy atom. The predicted molar refractivity (Wildman–Crippen MR) is 126 cm³/mol. The first kappa shape index (κ1) is 22.0. The summed E-state index contributed by atoms with van der Waals surface area (Å²) in [4.78, 5) is 27.3. The number of piperidine rings is 1. The zero-order valence-electron chi connectivity index (χ0n) is 18.4. The number of Topliss-reactive ketones (excluding diaryl/α,β-unsaturated/α-hetero) is 1. The number of benzene rings is 2. The third kappa shape index (κ3) is 5.19. The second-order valence-corrected chi connectivity index (χ2v) is 10.0. The van der Waals surface area contributed by atoms with Gasteiger partial charge in [0, 0.05) is 30.4 Å². The van der Waals surface area contributed by atoms with Crippen LogP contribution in [0.5, 0.6) is 0 Å². The molecule has 1 saturated heterocycles. The number of rotatable bonds is 6. The van der Waals surface area contributed by atoms with Gasteiger partial charge in [-0.1, -0.05) is 55.8 Å². The lowest BCUT2D eigenvalue weighted by Crippen LogP contribution is -2.36. The van der Waals surface area contributed by atoms with Crippen molar-refractivity contribution in [3.8, 4) is 0 Å². The van der Waals surface area contributed by atoms with Gasteiger partial charge < -0.3 is 10.2 Å². The van der Waals surface area contributed by atoms with Gasteiger partial charge in [-0.25, -0.2) is 0 Å². The van der Waals surface area contributed by atoms with Crippen LogP contribution in [0.3, 0.4) is 0 Å². The number of anilines is 1. The van der Waals surface area contributed by atoms with Crippen molar-refractivity contribution < 1.29 is 9.59 Å². The van der Waals surface area contributed by atoms with Crippen molar-refractivity contribution >= 4 is 29.0 Å². The van der Waals surface area contributed by atoms with Gasteiger partial charge >= 0.3 is 0 Å². The van der Waals surface area contributed by atoms with E-state index >= 15 is 0 Å². The molecule has 2 heterocycles. The Morgan fingerprint density at radius 1 is 1.16 bits per heavy atom. The van der Waals surface area contributed by atoms with Crippen molar-refractivity contribution in [1.29, 1.82) is 0 Å². The zero-order chi connectivity index (χ0) is 22.0. The van der Waals surface area contributed by atoms with E-state index in [1.54, 1.807) is 6.07 Å². The number of amides is 1. The van der Waals surface area contributed by atoms with E-state index in [2.05, 4.69) is 40.5 Å². The minimum atomic E-state index is -0.335. The van der Waals surface area contributed by atoms with E-state index in [-0.39, 0.29) is 17.1 Å². The molecule has 0 atom stereocenters. The molecule has 0 bridgehead atoms. The maximum atomic E-state index is 12.9. The molecule has 0 aliphatic carbocycles. The molecule has 1 N–H and O–H groups in total. The summed E-state index contributed by atoms with van der Waals surface area (Å²) in [6.45, 7) is 6.93. The minimum absolute atomic E-state index is 0.0332. The highest BCUT2D eigenvalue weighted by Crippen LogP contribution is 2.41. The first-order valence-corrected chi connectivity index (χ1v) is 11.6. The van der Waals surface area contributed by atoms with Crippen molar-refractivity contribution in [3.05, 3.63) is 64.2 Å². The monoisotopic (exact) mass is 438 g/mol. The summed E-state index contributed by atoms with van der Waals surface area (Å²) in [5, 5.41) is 3.31. The third-order valence-corrected chi connectivity index (χ3v) is 7.04. The van der Waals surface area contributed by atoms with Crippen LogP contribution in [0, 0.1) is 5.92 Å². The van der Waals surface area contributed by atoms with E-state index in [0.29, 0.717) is 29.1 Å². The molecule has 1 fully saturated rings. The second-order valence-electron chi connectivity index (χ2n) is 9.64. The van der Waals surface area contributed by atoms with E-state index in [1.807, 2.05) is 19.9 Å². The summed E-state index contributed by atoms with van der Waals surface area (Å²) in [6.07, 6.45) is 4.40. The molecule has 0 saturated carbocycles. The van der Waals surface area contributed by atoms with Crippen molar-refractivity contribution in [1.82, 2.24) is 4.90 Å². The maximum Gasteiger partial charge on any atom is 0.225 e. The molecule has 0 spiro atoms. The van der Waals surface area contributed by atoms with E-state index in [1.165, 1.54) is 18.4 Å². The first-order valence-electron chi connectivity index (χ1n) is 11.3. The fourth-order valence-corrected chi connectivity index (χ4v) is 5.14. The molecule has 0 unspecified atom stereocenters. The van der Waals surface area contributed by atoms with Gasteiger partial charge in [0.25, 0.3) is 0 Å². The molecular weight excluding hydrogens is 408 g/mol. The fourth-order valence-electron chi connectivity index (χ4n) is 4.87. The van der Waals surface area contributed by atoms with E-state index in [4.69, 9.17) is 11.6 Å². The quantitative estimate of drug-likeness (QED) is 0.607. The van der Waals surface area contributed by atoms with Gasteiger partial charge in [0.05, 0.1) is 10.7 Å². The van der Waals surface area contributed by atoms with Crippen LogP contribution >= 0.6 is 11.6 Å². The molecule has 164 valence electrons. The summed E-state index contributed by atoms with van der Waals surface area (Å²) in [6, 6.07) is 14.3. The second kappa shape index (κ2) is 9.13. The summed E-state index contributed by atoms with van der Waals surface area (Å²) in [7, 11) is 0. The van der Waals surface area contributed by atoms with Crippen LogP contribution in [0.2, 0.25) is 5.02 Å². The number of hydrogen-bond acceptors (Lipinski definition) is 3. The molecule has 31 heavy (non-hydrogen) atoms. The molecule has 5 heteroatoms. The number of fused-ring (bicyclic) bond motifs is 1. The molecule has 2 aliphatic heterocycles. The Hall–Kier alpha value is -2.17. The Labute approximate surface area is 190 Å². The topological polar surface area (TPSA) is 49.4 Å². The van der Waals surface area contributed by atoms with Gasteiger partial charge in [0.2, 0.25) is 5.91 Å². The van der Waals surface area contributed by atoms with Crippen LogP contribution in [-0.2, 0) is 16.6 Å². The molecule has 0 radical (unpaired) electrons. The lowest BCUT2D eigenvalue weighted by atomic mass is 9.77. The number of likely N-dealkylation sites (tertiary alicyclic amines) is 1. The predicted octanol–water partition coefficient (Wildman–Crippen LogP) is 5.49. The van der Waals surface area contributed by atoms with Gasteiger partial charge in [0.15, 0.2) is 5.78 Å². The zero-order valence-corrected chi connectivity index (χ0v) is 19.2. The van der Waals surface area contributed by atoms with Gasteiger partial charge in [-0.3, -0.25) is 9.59 Å². The molecule has 1 amide bonds. The highest BCUT2D eigenvalue weighted by Gasteiger charge is 2.34. The largest absolute Gasteiger partial charge is 0.324 e. The average molecular weight is 439 g/mol. The number of carbonyl (C=O) groups is 2. The van der Waals surface area contributed by atoms with E-state index < -0.39 is 0 Å². The van der Waals surface area contributed by atoms with Crippen molar-refractivity contribution in [2.75, 3.05) is 25.0 Å². The van der Waals surface area contributed by atoms with Crippen molar-refractivity contribution in [2.45, 2.75) is 51.4 Å². The molecular formula is C26H31ClN2O2. The van der Waals surface area contributed by atoms with Crippen LogP contribution in [0.25, 0.3) is 0 Å². The number of halogens is 1. The smallest absolute Gasteiger partial charge is 0.225 e. The van der Waals surface area contributed by atoms with Crippen molar-refractivity contribution in [2.24, 2.45) is 5.92 Å². The number of nitrogens with zero attached hydrogens (tertiary/aromatic N) is 1. The Balaban J connectivity index is 1.33. The lowest BCUT2D eigenvalue weighted by Gasteiger charge is -2.33. The SMILES string of the molecule is CC1(C)CC(=O)Nc2c(Cl)cc(C(=O)CCN3CCC(Cc4ccccc4)CC3)cc21. The first-order chi connectivity index (χ1) is 14.8. The molecule has 4 rings (SSSR count). The minimum Gasteiger partial charge on any atom is -0.324 e. The van der Waals surface area contributed by atoms with Crippen molar-refractivity contribution in [3.63, 3.8) is 0 Å². The van der Waals surface area contributed by atoms with Gasteiger partial charge in [-0.05, 0) is 61.5 Å². The van der Waals surface area contributed by atoms with Crippen LogP contribution in [0.4, 0.5) is 5.69 Å². The summed E-state index contributed by atoms with van der Waals surface area (Å²) in [5.41, 5.74) is 3.33. The maximum absolute atomic E-state index is 12.9. The molecule has 2 aromatic rings. The number of nitrogens with one attached hydrogen (secondary N) is 1. The van der Waals surface area contributed by atoms with Crippen LogP contribution in [0.1, 0.15) is 61.0 Å². The lowest BCUT2D eigenvalue weighted by molar-refractivity contribution is -0.117.